The quantitative estimate of drug-likeness (QED) is 0.326. The van der Waals surface area contributed by atoms with Crippen molar-refractivity contribution in [1.29, 1.82) is 0 Å². The third kappa shape index (κ3) is 4.97. The van der Waals surface area contributed by atoms with Crippen molar-refractivity contribution in [1.82, 2.24) is 10.6 Å². The van der Waals surface area contributed by atoms with Crippen LogP contribution in [-0.4, -0.2) is 44.4 Å². The van der Waals surface area contributed by atoms with E-state index in [4.69, 9.17) is 9.47 Å². The summed E-state index contributed by atoms with van der Waals surface area (Å²) in [7, 11) is 1.80. The lowest BCUT2D eigenvalue weighted by molar-refractivity contribution is 0.0992. The van der Waals surface area contributed by atoms with Crippen LogP contribution in [0.4, 0.5) is 0 Å². The molecule has 2 aliphatic rings. The zero-order chi connectivity index (χ0) is 15.4. The second-order valence-electron chi connectivity index (χ2n) is 6.02. The summed E-state index contributed by atoms with van der Waals surface area (Å²) in [5.74, 6) is 1.73. The first kappa shape index (κ1) is 18.3. The van der Waals surface area contributed by atoms with E-state index in [9.17, 15) is 0 Å². The maximum Gasteiger partial charge on any atom is 0.191 e. The topological polar surface area (TPSA) is 54.9 Å². The smallest absolute Gasteiger partial charge is 0.191 e. The van der Waals surface area contributed by atoms with E-state index in [1.165, 1.54) is 12.0 Å². The molecule has 2 bridgehead atoms. The molecule has 0 aliphatic carbocycles. The first-order valence-corrected chi connectivity index (χ1v) is 8.06. The second kappa shape index (κ2) is 8.73. The van der Waals surface area contributed by atoms with E-state index in [2.05, 4.69) is 34.7 Å². The van der Waals surface area contributed by atoms with Crippen LogP contribution in [0, 0.1) is 6.92 Å². The third-order valence-electron chi connectivity index (χ3n) is 4.34. The molecule has 6 heteroatoms. The molecule has 3 rings (SSSR count). The summed E-state index contributed by atoms with van der Waals surface area (Å²) in [4.78, 5) is 4.27. The Balaban J connectivity index is 0.00000192. The fourth-order valence-electron chi connectivity index (χ4n) is 3.13. The first-order chi connectivity index (χ1) is 10.7. The number of aryl methyl sites for hydroxylation is 1. The number of rotatable bonds is 5. The lowest BCUT2D eigenvalue weighted by Crippen LogP contribution is -2.48. The molecular weight excluding hydrogens is 405 g/mol. The van der Waals surface area contributed by atoms with Gasteiger partial charge in [0.1, 0.15) is 12.4 Å². The number of benzene rings is 1. The summed E-state index contributed by atoms with van der Waals surface area (Å²) in [6.07, 6.45) is 4.26. The Morgan fingerprint density at radius 1 is 1.30 bits per heavy atom. The largest absolute Gasteiger partial charge is 0.492 e. The number of nitrogens with one attached hydrogen (secondary N) is 2. The van der Waals surface area contributed by atoms with Gasteiger partial charge in [0, 0.05) is 7.05 Å². The minimum absolute atomic E-state index is 0. The first-order valence-electron chi connectivity index (χ1n) is 8.06. The van der Waals surface area contributed by atoms with Crippen LogP contribution in [-0.2, 0) is 4.74 Å². The Kier molecular flexibility index (Phi) is 6.95. The lowest BCUT2D eigenvalue weighted by atomic mass is 9.96. The number of aliphatic imine (C=N–C) groups is 1. The molecule has 2 heterocycles. The summed E-state index contributed by atoms with van der Waals surface area (Å²) in [5.41, 5.74) is 1.24. The molecule has 1 aromatic carbocycles. The molecule has 0 aromatic heterocycles. The van der Waals surface area contributed by atoms with Crippen LogP contribution in [0.25, 0.3) is 0 Å². The molecule has 0 spiro atoms. The standard InChI is InChI=1S/C17H25N3O2.HI/c1-12-3-5-13(6-4-12)21-10-9-19-17(18-2)20-15-11-14-7-8-16(15)22-14;/h3-6,14-16H,7-11H2,1-2H3,(H2,18,19,20);1H. The van der Waals surface area contributed by atoms with Crippen molar-refractivity contribution in [3.63, 3.8) is 0 Å². The summed E-state index contributed by atoms with van der Waals surface area (Å²) < 4.78 is 11.6. The summed E-state index contributed by atoms with van der Waals surface area (Å²) in [5, 5.41) is 6.76. The Hall–Kier alpha value is -1.02. The average molecular weight is 431 g/mol. The highest BCUT2D eigenvalue weighted by molar-refractivity contribution is 14.0. The van der Waals surface area contributed by atoms with Gasteiger partial charge < -0.3 is 20.1 Å². The molecule has 0 radical (unpaired) electrons. The van der Waals surface area contributed by atoms with Gasteiger partial charge in [0.05, 0.1) is 24.8 Å². The molecule has 23 heavy (non-hydrogen) atoms. The third-order valence-corrected chi connectivity index (χ3v) is 4.34. The number of guanidine groups is 1. The highest BCUT2D eigenvalue weighted by atomic mass is 127. The maximum atomic E-state index is 5.85. The van der Waals surface area contributed by atoms with Crippen molar-refractivity contribution >= 4 is 29.9 Å². The van der Waals surface area contributed by atoms with Crippen LogP contribution in [0.3, 0.4) is 0 Å². The summed E-state index contributed by atoms with van der Waals surface area (Å²) in [6.45, 7) is 3.40. The Morgan fingerprint density at radius 3 is 2.70 bits per heavy atom. The van der Waals surface area contributed by atoms with Gasteiger partial charge in [-0.05, 0) is 38.3 Å². The minimum atomic E-state index is 0. The van der Waals surface area contributed by atoms with Gasteiger partial charge in [-0.25, -0.2) is 0 Å². The van der Waals surface area contributed by atoms with Crippen LogP contribution in [0.1, 0.15) is 24.8 Å². The number of hydrogen-bond acceptors (Lipinski definition) is 3. The minimum Gasteiger partial charge on any atom is -0.492 e. The Labute approximate surface area is 155 Å². The Morgan fingerprint density at radius 2 is 2.09 bits per heavy atom. The molecule has 2 aliphatic heterocycles. The van der Waals surface area contributed by atoms with Crippen molar-refractivity contribution in [3.8, 4) is 5.75 Å². The average Bonchev–Trinajstić information content (AvgIpc) is 3.14. The zero-order valence-corrected chi connectivity index (χ0v) is 16.1. The van der Waals surface area contributed by atoms with Crippen LogP contribution >= 0.6 is 24.0 Å². The Bertz CT molecular complexity index is 521. The van der Waals surface area contributed by atoms with Gasteiger partial charge >= 0.3 is 0 Å². The maximum absolute atomic E-state index is 5.85. The van der Waals surface area contributed by atoms with Crippen LogP contribution in [0.2, 0.25) is 0 Å². The molecular formula is C17H26IN3O2. The van der Waals surface area contributed by atoms with Gasteiger partial charge in [-0.1, -0.05) is 17.7 Å². The van der Waals surface area contributed by atoms with E-state index < -0.39 is 0 Å². The number of hydrogen-bond donors (Lipinski definition) is 2. The molecule has 0 saturated carbocycles. The molecule has 1 aromatic rings. The van der Waals surface area contributed by atoms with Gasteiger partial charge in [-0.15, -0.1) is 24.0 Å². The van der Waals surface area contributed by atoms with E-state index in [1.807, 2.05) is 12.1 Å². The van der Waals surface area contributed by atoms with E-state index in [1.54, 1.807) is 7.05 Å². The predicted octanol–water partition coefficient (Wildman–Crippen LogP) is 2.48. The van der Waals surface area contributed by atoms with Gasteiger partial charge in [0.15, 0.2) is 5.96 Å². The van der Waals surface area contributed by atoms with Crippen molar-refractivity contribution in [2.75, 3.05) is 20.2 Å². The number of halogens is 1. The SMILES string of the molecule is CN=C(NCCOc1ccc(C)cc1)NC1CC2CCC1O2.I. The van der Waals surface area contributed by atoms with Gasteiger partial charge in [-0.2, -0.15) is 0 Å². The molecule has 3 unspecified atom stereocenters. The van der Waals surface area contributed by atoms with Crippen LogP contribution in [0.5, 0.6) is 5.75 Å². The predicted molar refractivity (Wildman–Crippen MR) is 103 cm³/mol. The normalized spacial score (nSPS) is 25.8. The fourth-order valence-corrected chi connectivity index (χ4v) is 3.13. The van der Waals surface area contributed by atoms with Crippen LogP contribution < -0.4 is 15.4 Å². The van der Waals surface area contributed by atoms with E-state index in [0.29, 0.717) is 24.9 Å². The fraction of sp³-hybridized carbons (Fsp3) is 0.588. The summed E-state index contributed by atoms with van der Waals surface area (Å²) >= 11 is 0. The van der Waals surface area contributed by atoms with Gasteiger partial charge in [0.2, 0.25) is 0 Å². The van der Waals surface area contributed by atoms with Crippen molar-refractivity contribution in [2.24, 2.45) is 4.99 Å². The van der Waals surface area contributed by atoms with E-state index in [0.717, 1.165) is 31.1 Å². The van der Waals surface area contributed by atoms with E-state index >= 15 is 0 Å². The lowest BCUT2D eigenvalue weighted by Gasteiger charge is -2.22. The number of nitrogens with zero attached hydrogens (tertiary/aromatic N) is 1. The molecule has 2 N–H and O–H groups in total. The highest BCUT2D eigenvalue weighted by Crippen LogP contribution is 2.34. The molecule has 2 saturated heterocycles. The molecule has 2 fully saturated rings. The van der Waals surface area contributed by atoms with Crippen molar-refractivity contribution < 1.29 is 9.47 Å². The number of ether oxygens (including phenoxy) is 2. The molecule has 0 amide bonds. The van der Waals surface area contributed by atoms with Gasteiger partial charge in [0.25, 0.3) is 0 Å². The molecule has 3 atom stereocenters. The summed E-state index contributed by atoms with van der Waals surface area (Å²) in [6, 6.07) is 8.49. The van der Waals surface area contributed by atoms with Gasteiger partial charge in [-0.3, -0.25) is 4.99 Å². The highest BCUT2D eigenvalue weighted by Gasteiger charge is 2.41. The van der Waals surface area contributed by atoms with Crippen LogP contribution in [0.15, 0.2) is 29.3 Å². The molecule has 5 nitrogen and oxygen atoms in total. The van der Waals surface area contributed by atoms with Crippen molar-refractivity contribution in [2.45, 2.75) is 44.4 Å². The second-order valence-corrected chi connectivity index (χ2v) is 6.02. The molecule has 128 valence electrons. The zero-order valence-electron chi connectivity index (χ0n) is 13.7. The monoisotopic (exact) mass is 431 g/mol. The number of fused-ring (bicyclic) bond motifs is 2. The van der Waals surface area contributed by atoms with E-state index in [-0.39, 0.29) is 24.0 Å². The van der Waals surface area contributed by atoms with Crippen molar-refractivity contribution in [3.05, 3.63) is 29.8 Å².